The Hall–Kier alpha value is -0.310. The van der Waals surface area contributed by atoms with Crippen LogP contribution in [0.15, 0.2) is 4.99 Å². The molecule has 44 valence electrons. The number of nitrogens with zero attached hydrogens (tertiary/aromatic N) is 1. The average molecular weight is 129 g/mol. The lowest BCUT2D eigenvalue weighted by atomic mass is 10.5. The van der Waals surface area contributed by atoms with Gasteiger partial charge in [-0.25, -0.2) is 4.99 Å². The lowest BCUT2D eigenvalue weighted by Crippen LogP contribution is -2.02. The first-order valence-corrected chi connectivity index (χ1v) is 3.34. The summed E-state index contributed by atoms with van der Waals surface area (Å²) in [5.74, 6) is 0.00694. The third kappa shape index (κ3) is 0.916. The Balaban J connectivity index is 2.70. The Morgan fingerprint density at radius 1 is 1.75 bits per heavy atom. The van der Waals surface area contributed by atoms with Gasteiger partial charge < -0.3 is 0 Å². The zero-order valence-corrected chi connectivity index (χ0v) is 5.66. The van der Waals surface area contributed by atoms with E-state index in [1.807, 2.05) is 13.8 Å². The molecular formula is C5H7NOS. The highest BCUT2D eigenvalue weighted by atomic mass is 32.2. The molecule has 8 heavy (non-hydrogen) atoms. The molecule has 0 aromatic heterocycles. The van der Waals surface area contributed by atoms with E-state index in [0.29, 0.717) is 0 Å². The quantitative estimate of drug-likeness (QED) is 0.489. The lowest BCUT2D eigenvalue weighted by molar-refractivity contribution is -0.116. The van der Waals surface area contributed by atoms with Crippen LogP contribution in [-0.2, 0) is 4.79 Å². The van der Waals surface area contributed by atoms with E-state index in [1.54, 1.807) is 0 Å². The molecule has 0 aromatic rings. The van der Waals surface area contributed by atoms with E-state index in [4.69, 9.17) is 0 Å². The van der Waals surface area contributed by atoms with Crippen molar-refractivity contribution < 1.29 is 4.79 Å². The van der Waals surface area contributed by atoms with Gasteiger partial charge in [-0.1, -0.05) is 11.8 Å². The molecule has 1 heterocycles. The maximum Gasteiger partial charge on any atom is 0.259 e. The van der Waals surface area contributed by atoms with Crippen molar-refractivity contribution in [3.8, 4) is 0 Å². The molecule has 0 radical (unpaired) electrons. The van der Waals surface area contributed by atoms with Crippen LogP contribution in [0.4, 0.5) is 0 Å². The normalized spacial score (nSPS) is 28.5. The molecule has 0 aliphatic carbocycles. The second-order valence-electron chi connectivity index (χ2n) is 1.73. The summed E-state index contributed by atoms with van der Waals surface area (Å²) < 4.78 is 0. The van der Waals surface area contributed by atoms with Crippen LogP contribution in [0.2, 0.25) is 0 Å². The van der Waals surface area contributed by atoms with Gasteiger partial charge in [0.2, 0.25) is 0 Å². The minimum absolute atomic E-state index is 0.00694. The van der Waals surface area contributed by atoms with E-state index >= 15 is 0 Å². The Kier molecular flexibility index (Phi) is 1.38. The topological polar surface area (TPSA) is 29.4 Å². The molecule has 0 saturated carbocycles. The van der Waals surface area contributed by atoms with Crippen LogP contribution in [-0.4, -0.2) is 16.2 Å². The molecular weight excluding hydrogens is 122 g/mol. The van der Waals surface area contributed by atoms with Crippen molar-refractivity contribution in [1.82, 2.24) is 0 Å². The first kappa shape index (κ1) is 5.82. The van der Waals surface area contributed by atoms with Crippen molar-refractivity contribution in [1.29, 1.82) is 0 Å². The summed E-state index contributed by atoms with van der Waals surface area (Å²) in [6.07, 6.45) is 0. The van der Waals surface area contributed by atoms with Crippen LogP contribution in [0.25, 0.3) is 0 Å². The van der Waals surface area contributed by atoms with E-state index in [0.717, 1.165) is 5.04 Å². The van der Waals surface area contributed by atoms with Crippen LogP contribution in [0.3, 0.4) is 0 Å². The number of aliphatic imine (C=N–C) groups is 1. The minimum Gasteiger partial charge on any atom is -0.271 e. The molecule has 2 nitrogen and oxygen atoms in total. The molecule has 0 saturated heterocycles. The summed E-state index contributed by atoms with van der Waals surface area (Å²) in [5.41, 5.74) is 0. The SMILES string of the molecule is CC1=NC(=O)C(C)S1. The Morgan fingerprint density at radius 3 is 2.50 bits per heavy atom. The lowest BCUT2D eigenvalue weighted by Gasteiger charge is -1.90. The summed E-state index contributed by atoms with van der Waals surface area (Å²) in [4.78, 5) is 14.3. The minimum atomic E-state index is 0.00694. The highest BCUT2D eigenvalue weighted by Gasteiger charge is 2.20. The molecule has 0 N–H and O–H groups in total. The Labute approximate surface area is 52.4 Å². The van der Waals surface area contributed by atoms with Gasteiger partial charge in [0.05, 0.1) is 10.3 Å². The zero-order valence-electron chi connectivity index (χ0n) is 4.84. The second-order valence-corrected chi connectivity index (χ2v) is 3.26. The molecule has 1 atom stereocenters. The van der Waals surface area contributed by atoms with Crippen LogP contribution in [0.1, 0.15) is 13.8 Å². The van der Waals surface area contributed by atoms with Crippen LogP contribution in [0, 0.1) is 0 Å². The third-order valence-corrected chi connectivity index (χ3v) is 1.95. The maximum absolute atomic E-state index is 10.6. The highest BCUT2D eigenvalue weighted by Crippen LogP contribution is 2.20. The first-order chi connectivity index (χ1) is 3.70. The Morgan fingerprint density at radius 2 is 2.38 bits per heavy atom. The molecule has 1 rings (SSSR count). The predicted octanol–water partition coefficient (Wildman–Crippen LogP) is 1.07. The maximum atomic E-state index is 10.6. The van der Waals surface area contributed by atoms with E-state index in [2.05, 4.69) is 4.99 Å². The number of carbonyl (C=O) groups is 1. The van der Waals surface area contributed by atoms with Crippen LogP contribution in [0.5, 0.6) is 0 Å². The number of carbonyl (C=O) groups excluding carboxylic acids is 1. The number of rotatable bonds is 0. The van der Waals surface area contributed by atoms with Gasteiger partial charge in [-0.15, -0.1) is 0 Å². The van der Waals surface area contributed by atoms with E-state index in [9.17, 15) is 4.79 Å². The summed E-state index contributed by atoms with van der Waals surface area (Å²) >= 11 is 1.53. The standard InChI is InChI=1S/C5H7NOS/c1-3-5(7)6-4(2)8-3/h3H,1-2H3. The summed E-state index contributed by atoms with van der Waals surface area (Å²) in [6, 6.07) is 0. The molecule has 0 bridgehead atoms. The van der Waals surface area contributed by atoms with Gasteiger partial charge >= 0.3 is 0 Å². The Bertz CT molecular complexity index is 153. The van der Waals surface area contributed by atoms with Gasteiger partial charge in [-0.3, -0.25) is 4.79 Å². The number of hydrogen-bond acceptors (Lipinski definition) is 2. The summed E-state index contributed by atoms with van der Waals surface area (Å²) in [6.45, 7) is 3.72. The molecule has 1 amide bonds. The summed E-state index contributed by atoms with van der Waals surface area (Å²) in [7, 11) is 0. The summed E-state index contributed by atoms with van der Waals surface area (Å²) in [5, 5.41) is 0.956. The predicted molar refractivity (Wildman–Crippen MR) is 35.2 cm³/mol. The van der Waals surface area contributed by atoms with E-state index in [1.165, 1.54) is 11.8 Å². The van der Waals surface area contributed by atoms with Crippen molar-refractivity contribution in [2.45, 2.75) is 19.1 Å². The largest absolute Gasteiger partial charge is 0.271 e. The van der Waals surface area contributed by atoms with Crippen LogP contribution < -0.4 is 0 Å². The average Bonchev–Trinajstić information content (AvgIpc) is 1.85. The van der Waals surface area contributed by atoms with Gasteiger partial charge in [0.25, 0.3) is 5.91 Å². The fourth-order valence-corrected chi connectivity index (χ4v) is 1.39. The number of amides is 1. The third-order valence-electron chi connectivity index (χ3n) is 0.963. The van der Waals surface area contributed by atoms with E-state index < -0.39 is 0 Å². The van der Waals surface area contributed by atoms with E-state index in [-0.39, 0.29) is 11.2 Å². The molecule has 1 unspecified atom stereocenters. The molecule has 0 spiro atoms. The second kappa shape index (κ2) is 1.90. The molecule has 1 aliphatic rings. The molecule has 0 aromatic carbocycles. The number of hydrogen-bond donors (Lipinski definition) is 0. The van der Waals surface area contributed by atoms with Crippen molar-refractivity contribution in [3.05, 3.63) is 0 Å². The fraction of sp³-hybridized carbons (Fsp3) is 0.600. The van der Waals surface area contributed by atoms with Gasteiger partial charge in [-0.2, -0.15) is 0 Å². The highest BCUT2D eigenvalue weighted by molar-refractivity contribution is 8.15. The van der Waals surface area contributed by atoms with Crippen molar-refractivity contribution in [2.24, 2.45) is 4.99 Å². The van der Waals surface area contributed by atoms with Gasteiger partial charge in [0.15, 0.2) is 0 Å². The number of thioether (sulfide) groups is 1. The van der Waals surface area contributed by atoms with Gasteiger partial charge in [0.1, 0.15) is 0 Å². The molecule has 3 heteroatoms. The van der Waals surface area contributed by atoms with Crippen molar-refractivity contribution in [2.75, 3.05) is 0 Å². The monoisotopic (exact) mass is 129 g/mol. The van der Waals surface area contributed by atoms with Crippen molar-refractivity contribution >= 4 is 22.7 Å². The zero-order chi connectivity index (χ0) is 6.15. The first-order valence-electron chi connectivity index (χ1n) is 2.46. The fourth-order valence-electron chi connectivity index (χ4n) is 0.579. The smallest absolute Gasteiger partial charge is 0.259 e. The van der Waals surface area contributed by atoms with Gasteiger partial charge in [-0.05, 0) is 13.8 Å². The molecule has 0 fully saturated rings. The van der Waals surface area contributed by atoms with Crippen LogP contribution >= 0.6 is 11.8 Å². The van der Waals surface area contributed by atoms with Gasteiger partial charge in [0, 0.05) is 0 Å². The molecule has 1 aliphatic heterocycles. The van der Waals surface area contributed by atoms with Crippen molar-refractivity contribution in [3.63, 3.8) is 0 Å².